The van der Waals surface area contributed by atoms with Crippen molar-refractivity contribution in [3.8, 4) is 11.4 Å². The number of rotatable bonds is 5. The summed E-state index contributed by atoms with van der Waals surface area (Å²) in [6, 6.07) is 17.2. The highest BCUT2D eigenvalue weighted by molar-refractivity contribution is 6.30. The molecule has 0 spiro atoms. The van der Waals surface area contributed by atoms with Crippen LogP contribution in [0.3, 0.4) is 0 Å². The molecule has 6 nitrogen and oxygen atoms in total. The topological polar surface area (TPSA) is 77.2 Å². The van der Waals surface area contributed by atoms with Gasteiger partial charge in [0.15, 0.2) is 0 Å². The monoisotopic (exact) mass is 397 g/mol. The fourth-order valence-electron chi connectivity index (χ4n) is 2.74. The highest BCUT2D eigenvalue weighted by Gasteiger charge is 2.24. The molecule has 1 aromatic heterocycles. The zero-order valence-electron chi connectivity index (χ0n) is 14.3. The second kappa shape index (κ2) is 7.28. The highest BCUT2D eigenvalue weighted by Crippen LogP contribution is 2.29. The van der Waals surface area contributed by atoms with Crippen molar-refractivity contribution < 1.29 is 19.0 Å². The van der Waals surface area contributed by atoms with E-state index >= 15 is 0 Å². The Morgan fingerprint density at radius 1 is 1.04 bits per heavy atom. The van der Waals surface area contributed by atoms with Crippen LogP contribution in [0.4, 0.5) is 4.39 Å². The lowest BCUT2D eigenvalue weighted by molar-refractivity contribution is -0.145. The molecular weight excluding hydrogens is 385 g/mol. The van der Waals surface area contributed by atoms with Gasteiger partial charge in [-0.05, 0) is 36.4 Å². The van der Waals surface area contributed by atoms with E-state index < -0.39 is 17.9 Å². The van der Waals surface area contributed by atoms with Crippen molar-refractivity contribution in [1.29, 1.82) is 0 Å². The van der Waals surface area contributed by atoms with Gasteiger partial charge in [-0.2, -0.15) is 0 Å². The average molecular weight is 398 g/mol. The molecule has 8 heteroatoms. The number of aromatic nitrogens is 3. The number of halogens is 2. The van der Waals surface area contributed by atoms with Gasteiger partial charge in [-0.25, -0.2) is 9.18 Å². The van der Waals surface area contributed by atoms with E-state index in [0.29, 0.717) is 21.6 Å². The van der Waals surface area contributed by atoms with Gasteiger partial charge in [0.1, 0.15) is 28.3 Å². The van der Waals surface area contributed by atoms with E-state index in [2.05, 4.69) is 10.2 Å². The normalized spacial score (nSPS) is 12.1. The Morgan fingerprint density at radius 3 is 2.29 bits per heavy atom. The Kier molecular flexibility index (Phi) is 4.67. The summed E-state index contributed by atoms with van der Waals surface area (Å²) in [5.74, 6) is -1.60. The molecule has 1 N–H and O–H groups in total. The van der Waals surface area contributed by atoms with E-state index in [-0.39, 0.29) is 11.4 Å². The summed E-state index contributed by atoms with van der Waals surface area (Å²) in [7, 11) is 0. The van der Waals surface area contributed by atoms with E-state index in [1.54, 1.807) is 36.4 Å². The first-order valence-electron chi connectivity index (χ1n) is 8.28. The van der Waals surface area contributed by atoms with E-state index in [1.165, 1.54) is 23.0 Å². The van der Waals surface area contributed by atoms with E-state index in [0.717, 1.165) is 0 Å². The number of hydrogen-bond acceptors (Lipinski definition) is 4. The van der Waals surface area contributed by atoms with Crippen molar-refractivity contribution >= 4 is 28.6 Å². The minimum atomic E-state index is -1.31. The third-order valence-electron chi connectivity index (χ3n) is 4.06. The van der Waals surface area contributed by atoms with E-state index in [4.69, 9.17) is 16.3 Å². The molecule has 0 aliphatic heterocycles. The van der Waals surface area contributed by atoms with Gasteiger partial charge in [0.05, 0.1) is 0 Å². The van der Waals surface area contributed by atoms with Crippen LogP contribution in [0.2, 0.25) is 5.02 Å². The first kappa shape index (κ1) is 17.9. The van der Waals surface area contributed by atoms with Gasteiger partial charge in [0.25, 0.3) is 0 Å². The lowest BCUT2D eigenvalue weighted by Gasteiger charge is -2.17. The average Bonchev–Trinajstić information content (AvgIpc) is 3.11. The number of carboxylic acid groups (broad SMARTS) is 1. The molecule has 0 amide bonds. The molecule has 1 unspecified atom stereocenters. The van der Waals surface area contributed by atoms with Gasteiger partial charge < -0.3 is 9.84 Å². The quantitative estimate of drug-likeness (QED) is 0.539. The predicted octanol–water partition coefficient (Wildman–Crippen LogP) is 4.42. The number of carbonyl (C=O) groups is 1. The standard InChI is InChI=1S/C20H13ClFN3O3/c21-13-7-5-12(6-8-13)19(20(26)27)28-18-10-9-14(22)11-17(18)25-23-15-3-1-2-4-16(15)24-25/h1-11,19H,(H,26,27). The van der Waals surface area contributed by atoms with Gasteiger partial charge in [0, 0.05) is 16.7 Å². The van der Waals surface area contributed by atoms with Crippen molar-refractivity contribution in [1.82, 2.24) is 15.0 Å². The maximum Gasteiger partial charge on any atom is 0.349 e. The number of ether oxygens (including phenoxy) is 1. The SMILES string of the molecule is O=C(O)C(Oc1ccc(F)cc1-n1nc2ccccc2n1)c1ccc(Cl)cc1. The molecule has 3 aromatic carbocycles. The summed E-state index contributed by atoms with van der Waals surface area (Å²) in [6.07, 6.45) is -1.31. The third kappa shape index (κ3) is 3.52. The lowest BCUT2D eigenvalue weighted by Crippen LogP contribution is -2.19. The van der Waals surface area contributed by atoms with Crippen LogP contribution in [0.5, 0.6) is 5.75 Å². The summed E-state index contributed by atoms with van der Waals surface area (Å²) < 4.78 is 19.6. The second-order valence-corrected chi connectivity index (χ2v) is 6.41. The van der Waals surface area contributed by atoms with Crippen molar-refractivity contribution in [2.75, 3.05) is 0 Å². The van der Waals surface area contributed by atoms with Crippen molar-refractivity contribution in [2.45, 2.75) is 6.10 Å². The van der Waals surface area contributed by atoms with Gasteiger partial charge in [-0.1, -0.05) is 35.9 Å². The highest BCUT2D eigenvalue weighted by atomic mass is 35.5. The summed E-state index contributed by atoms with van der Waals surface area (Å²) >= 11 is 5.87. The van der Waals surface area contributed by atoms with Crippen LogP contribution in [0.1, 0.15) is 11.7 Å². The molecule has 0 aliphatic rings. The van der Waals surface area contributed by atoms with E-state index in [1.807, 2.05) is 12.1 Å². The van der Waals surface area contributed by atoms with Crippen LogP contribution in [0.15, 0.2) is 66.7 Å². The molecule has 140 valence electrons. The molecule has 0 aliphatic carbocycles. The fourth-order valence-corrected chi connectivity index (χ4v) is 2.87. The largest absolute Gasteiger partial charge is 0.478 e. The van der Waals surface area contributed by atoms with Crippen LogP contribution in [-0.2, 0) is 4.79 Å². The molecule has 0 fully saturated rings. The molecule has 0 radical (unpaired) electrons. The summed E-state index contributed by atoms with van der Waals surface area (Å²) in [5.41, 5.74) is 1.82. The van der Waals surface area contributed by atoms with Crippen LogP contribution in [0.25, 0.3) is 16.7 Å². The maximum atomic E-state index is 13.9. The Balaban J connectivity index is 1.77. The van der Waals surface area contributed by atoms with Gasteiger partial charge in [-0.15, -0.1) is 15.0 Å². The van der Waals surface area contributed by atoms with Gasteiger partial charge in [-0.3, -0.25) is 0 Å². The van der Waals surface area contributed by atoms with Crippen LogP contribution in [-0.4, -0.2) is 26.1 Å². The van der Waals surface area contributed by atoms with Gasteiger partial charge >= 0.3 is 5.97 Å². The zero-order valence-corrected chi connectivity index (χ0v) is 15.0. The van der Waals surface area contributed by atoms with Crippen molar-refractivity contribution in [2.24, 2.45) is 0 Å². The van der Waals surface area contributed by atoms with Gasteiger partial charge in [0.2, 0.25) is 6.10 Å². The van der Waals surface area contributed by atoms with Crippen LogP contribution < -0.4 is 4.74 Å². The minimum absolute atomic E-state index is 0.129. The second-order valence-electron chi connectivity index (χ2n) is 5.98. The molecule has 0 saturated carbocycles. The van der Waals surface area contributed by atoms with E-state index in [9.17, 15) is 14.3 Å². The Morgan fingerprint density at radius 2 is 1.68 bits per heavy atom. The summed E-state index contributed by atoms with van der Waals surface area (Å²) in [6.45, 7) is 0. The lowest BCUT2D eigenvalue weighted by atomic mass is 10.1. The van der Waals surface area contributed by atoms with Crippen LogP contribution in [0, 0.1) is 5.82 Å². The maximum absolute atomic E-state index is 13.9. The summed E-state index contributed by atoms with van der Waals surface area (Å²) in [5, 5.41) is 18.7. The Bertz CT molecular complexity index is 1130. The third-order valence-corrected chi connectivity index (χ3v) is 4.32. The van der Waals surface area contributed by atoms with Crippen molar-refractivity contribution in [3.05, 3.63) is 83.1 Å². The first-order valence-corrected chi connectivity index (χ1v) is 8.66. The molecular formula is C20H13ClFN3O3. The predicted molar refractivity (Wildman–Crippen MR) is 101 cm³/mol. The Hall–Kier alpha value is -3.45. The molecule has 0 bridgehead atoms. The molecule has 4 rings (SSSR count). The fraction of sp³-hybridized carbons (Fsp3) is 0.0500. The molecule has 1 heterocycles. The number of fused-ring (bicyclic) bond motifs is 1. The molecule has 28 heavy (non-hydrogen) atoms. The number of carboxylic acids is 1. The molecule has 4 aromatic rings. The Labute approximate surface area is 163 Å². The van der Waals surface area contributed by atoms with Crippen LogP contribution >= 0.6 is 11.6 Å². The first-order chi connectivity index (χ1) is 13.5. The molecule has 0 saturated heterocycles. The minimum Gasteiger partial charge on any atom is -0.478 e. The smallest absolute Gasteiger partial charge is 0.349 e. The number of benzene rings is 3. The summed E-state index contributed by atoms with van der Waals surface area (Å²) in [4.78, 5) is 13.0. The molecule has 1 atom stereocenters. The number of nitrogens with zero attached hydrogens (tertiary/aromatic N) is 3. The van der Waals surface area contributed by atoms with Crippen molar-refractivity contribution in [3.63, 3.8) is 0 Å². The zero-order chi connectivity index (χ0) is 19.7. The number of hydrogen-bond donors (Lipinski definition) is 1. The number of aliphatic carboxylic acids is 1.